The summed E-state index contributed by atoms with van der Waals surface area (Å²) in [6, 6.07) is 12.4. The van der Waals surface area contributed by atoms with Crippen LogP contribution >= 0.6 is 11.6 Å². The Balaban J connectivity index is 1.83. The summed E-state index contributed by atoms with van der Waals surface area (Å²) in [5, 5.41) is 15.0. The van der Waals surface area contributed by atoms with Gasteiger partial charge < -0.3 is 10.1 Å². The van der Waals surface area contributed by atoms with Crippen molar-refractivity contribution in [2.45, 2.75) is 25.4 Å². The minimum atomic E-state index is -0.438. The third-order valence-electron chi connectivity index (χ3n) is 3.45. The largest absolute Gasteiger partial charge is 0.449 e. The van der Waals surface area contributed by atoms with E-state index in [-0.39, 0.29) is 11.4 Å². The number of rotatable bonds is 6. The van der Waals surface area contributed by atoms with E-state index in [1.54, 1.807) is 36.4 Å². The van der Waals surface area contributed by atoms with Crippen LogP contribution in [-0.2, 0) is 6.54 Å². The number of halogens is 1. The quantitative estimate of drug-likeness (QED) is 0.637. The molecule has 2 aromatic rings. The lowest BCUT2D eigenvalue weighted by atomic mass is 10.2. The smallest absolute Gasteiger partial charge is 0.311 e. The van der Waals surface area contributed by atoms with Crippen LogP contribution in [0.15, 0.2) is 42.5 Å². The summed E-state index contributed by atoms with van der Waals surface area (Å²) in [5.74, 6) is 0.587. The fourth-order valence-electron chi connectivity index (χ4n) is 2.10. The average Bonchev–Trinajstić information content (AvgIpc) is 3.32. The van der Waals surface area contributed by atoms with Gasteiger partial charge in [-0.15, -0.1) is 0 Å². The van der Waals surface area contributed by atoms with E-state index in [1.807, 2.05) is 6.07 Å². The van der Waals surface area contributed by atoms with Gasteiger partial charge >= 0.3 is 5.69 Å². The van der Waals surface area contributed by atoms with Crippen LogP contribution in [0, 0.1) is 10.1 Å². The van der Waals surface area contributed by atoms with Crippen molar-refractivity contribution >= 4 is 17.3 Å². The minimum Gasteiger partial charge on any atom is -0.449 e. The van der Waals surface area contributed by atoms with Gasteiger partial charge in [0.15, 0.2) is 0 Å². The highest BCUT2D eigenvalue weighted by Crippen LogP contribution is 2.35. The first-order valence-corrected chi connectivity index (χ1v) is 7.44. The van der Waals surface area contributed by atoms with Crippen LogP contribution in [0.25, 0.3) is 0 Å². The van der Waals surface area contributed by atoms with Crippen molar-refractivity contribution in [3.63, 3.8) is 0 Å². The Morgan fingerprint density at radius 3 is 2.68 bits per heavy atom. The van der Waals surface area contributed by atoms with Crippen LogP contribution in [0.1, 0.15) is 18.4 Å². The molecule has 0 radical (unpaired) electrons. The number of nitro benzene ring substituents is 1. The average molecular weight is 319 g/mol. The Morgan fingerprint density at radius 2 is 2.00 bits per heavy atom. The zero-order valence-corrected chi connectivity index (χ0v) is 12.5. The monoisotopic (exact) mass is 318 g/mol. The van der Waals surface area contributed by atoms with Crippen LogP contribution in [0.4, 0.5) is 5.69 Å². The van der Waals surface area contributed by atoms with Gasteiger partial charge in [0.25, 0.3) is 0 Å². The molecule has 0 heterocycles. The van der Waals surface area contributed by atoms with E-state index < -0.39 is 4.92 Å². The fraction of sp³-hybridized carbons (Fsp3) is 0.250. The molecule has 0 aliphatic heterocycles. The molecule has 1 N–H and O–H groups in total. The van der Waals surface area contributed by atoms with Gasteiger partial charge in [-0.1, -0.05) is 29.8 Å². The van der Waals surface area contributed by atoms with E-state index >= 15 is 0 Å². The van der Waals surface area contributed by atoms with Crippen molar-refractivity contribution in [3.8, 4) is 11.5 Å². The molecule has 1 aliphatic rings. The molecule has 0 bridgehead atoms. The number of benzene rings is 2. The fourth-order valence-corrected chi connectivity index (χ4v) is 2.27. The molecule has 6 heteroatoms. The lowest BCUT2D eigenvalue weighted by molar-refractivity contribution is -0.385. The van der Waals surface area contributed by atoms with E-state index in [0.29, 0.717) is 23.4 Å². The molecule has 0 spiro atoms. The SMILES string of the molecule is O=[N+]([O-])c1cc(CNC2CC2)ccc1Oc1ccccc1Cl. The summed E-state index contributed by atoms with van der Waals surface area (Å²) in [6.07, 6.45) is 2.35. The lowest BCUT2D eigenvalue weighted by Gasteiger charge is -2.09. The highest BCUT2D eigenvalue weighted by Gasteiger charge is 2.21. The van der Waals surface area contributed by atoms with Crippen molar-refractivity contribution in [2.75, 3.05) is 0 Å². The molecule has 0 atom stereocenters. The second kappa shape index (κ2) is 6.34. The number of nitrogens with one attached hydrogen (secondary N) is 1. The second-order valence-corrected chi connectivity index (χ2v) is 5.65. The van der Waals surface area contributed by atoms with Gasteiger partial charge in [-0.25, -0.2) is 0 Å². The Morgan fingerprint density at radius 1 is 1.23 bits per heavy atom. The molecule has 0 unspecified atom stereocenters. The van der Waals surface area contributed by atoms with Crippen molar-refractivity contribution in [3.05, 3.63) is 63.2 Å². The van der Waals surface area contributed by atoms with Gasteiger partial charge in [-0.2, -0.15) is 0 Å². The van der Waals surface area contributed by atoms with E-state index in [1.165, 1.54) is 12.8 Å². The molecule has 1 saturated carbocycles. The van der Waals surface area contributed by atoms with Crippen LogP contribution in [0.3, 0.4) is 0 Å². The van der Waals surface area contributed by atoms with Gasteiger partial charge in [-0.05, 0) is 36.6 Å². The molecule has 1 aliphatic carbocycles. The van der Waals surface area contributed by atoms with E-state index in [2.05, 4.69) is 5.32 Å². The van der Waals surface area contributed by atoms with Crippen LogP contribution in [-0.4, -0.2) is 11.0 Å². The molecule has 0 amide bonds. The zero-order chi connectivity index (χ0) is 15.5. The number of hydrogen-bond acceptors (Lipinski definition) is 4. The highest BCUT2D eigenvalue weighted by atomic mass is 35.5. The molecular formula is C16H15ClN2O3. The maximum absolute atomic E-state index is 11.3. The summed E-state index contributed by atoms with van der Waals surface area (Å²) in [4.78, 5) is 10.8. The molecule has 2 aromatic carbocycles. The molecule has 5 nitrogen and oxygen atoms in total. The van der Waals surface area contributed by atoms with Crippen molar-refractivity contribution in [1.29, 1.82) is 0 Å². The van der Waals surface area contributed by atoms with E-state index in [4.69, 9.17) is 16.3 Å². The highest BCUT2D eigenvalue weighted by molar-refractivity contribution is 6.32. The van der Waals surface area contributed by atoms with Crippen LogP contribution < -0.4 is 10.1 Å². The first kappa shape index (κ1) is 14.8. The first-order chi connectivity index (χ1) is 10.6. The van der Waals surface area contributed by atoms with Crippen molar-refractivity contribution in [2.24, 2.45) is 0 Å². The van der Waals surface area contributed by atoms with Crippen LogP contribution in [0.2, 0.25) is 5.02 Å². The Hall–Kier alpha value is -2.11. The van der Waals surface area contributed by atoms with Gasteiger partial charge in [0.2, 0.25) is 5.75 Å². The lowest BCUT2D eigenvalue weighted by Crippen LogP contribution is -2.15. The molecule has 3 rings (SSSR count). The minimum absolute atomic E-state index is 0.0602. The summed E-state index contributed by atoms with van der Waals surface area (Å²) < 4.78 is 5.60. The maximum Gasteiger partial charge on any atom is 0.311 e. The zero-order valence-electron chi connectivity index (χ0n) is 11.8. The number of para-hydroxylation sites is 1. The third kappa shape index (κ3) is 3.55. The van der Waals surface area contributed by atoms with E-state index in [9.17, 15) is 10.1 Å². The summed E-state index contributed by atoms with van der Waals surface area (Å²) in [7, 11) is 0. The normalized spacial score (nSPS) is 13.9. The van der Waals surface area contributed by atoms with Crippen LogP contribution in [0.5, 0.6) is 11.5 Å². The molecule has 114 valence electrons. The van der Waals surface area contributed by atoms with Crippen molar-refractivity contribution < 1.29 is 9.66 Å². The van der Waals surface area contributed by atoms with Gasteiger partial charge in [0, 0.05) is 18.7 Å². The Kier molecular flexibility index (Phi) is 4.27. The Labute approximate surface area is 133 Å². The summed E-state index contributed by atoms with van der Waals surface area (Å²) in [6.45, 7) is 0.623. The van der Waals surface area contributed by atoms with Gasteiger partial charge in [-0.3, -0.25) is 10.1 Å². The number of ether oxygens (including phenoxy) is 1. The Bertz CT molecular complexity index is 702. The molecule has 22 heavy (non-hydrogen) atoms. The van der Waals surface area contributed by atoms with E-state index in [0.717, 1.165) is 5.56 Å². The topological polar surface area (TPSA) is 64.4 Å². The van der Waals surface area contributed by atoms with Gasteiger partial charge in [0.1, 0.15) is 5.75 Å². The predicted octanol–water partition coefficient (Wildman–Crippen LogP) is 4.29. The molecule has 1 fully saturated rings. The number of nitro groups is 1. The second-order valence-electron chi connectivity index (χ2n) is 5.25. The number of hydrogen-bond donors (Lipinski definition) is 1. The van der Waals surface area contributed by atoms with Crippen molar-refractivity contribution in [1.82, 2.24) is 5.32 Å². The molecular weight excluding hydrogens is 304 g/mol. The summed E-state index contributed by atoms with van der Waals surface area (Å²) >= 11 is 6.02. The standard InChI is InChI=1S/C16H15ClN2O3/c17-13-3-1-2-4-15(13)22-16-8-5-11(9-14(16)19(20)21)10-18-12-6-7-12/h1-5,8-9,12,18H,6-7,10H2. The molecule has 0 saturated heterocycles. The number of nitrogens with zero attached hydrogens (tertiary/aromatic N) is 1. The molecule has 0 aromatic heterocycles. The summed E-state index contributed by atoms with van der Waals surface area (Å²) in [5.41, 5.74) is 0.806. The third-order valence-corrected chi connectivity index (χ3v) is 3.76. The maximum atomic E-state index is 11.3. The van der Waals surface area contributed by atoms with Gasteiger partial charge in [0.05, 0.1) is 9.95 Å². The predicted molar refractivity (Wildman–Crippen MR) is 84.5 cm³/mol. The first-order valence-electron chi connectivity index (χ1n) is 7.06.